The molecule has 2 aromatic carbocycles. The minimum atomic E-state index is -1.54. The molecule has 44 heavy (non-hydrogen) atoms. The summed E-state index contributed by atoms with van der Waals surface area (Å²) in [5.41, 5.74) is 9.27. The summed E-state index contributed by atoms with van der Waals surface area (Å²) in [5.74, 6) is -5.56. The highest BCUT2D eigenvalue weighted by Gasteiger charge is 2.33. The van der Waals surface area contributed by atoms with Crippen molar-refractivity contribution < 1.29 is 34.2 Å². The molecule has 0 aliphatic heterocycles. The Hall–Kier alpha value is -5.17. The van der Waals surface area contributed by atoms with E-state index in [4.69, 9.17) is 5.73 Å². The number of para-hydroxylation sites is 2. The first-order valence-corrected chi connectivity index (χ1v) is 14.2. The highest BCUT2D eigenvalue weighted by molar-refractivity contribution is 5.96. The largest absolute Gasteiger partial charge is 0.481 e. The van der Waals surface area contributed by atoms with Gasteiger partial charge in [0.25, 0.3) is 0 Å². The van der Waals surface area contributed by atoms with Crippen LogP contribution in [0.1, 0.15) is 31.4 Å². The fraction of sp³-hybridized carbons (Fsp3) is 0.323. The van der Waals surface area contributed by atoms with Crippen LogP contribution in [0.3, 0.4) is 0 Å². The number of nitrogens with two attached hydrogens (primary N) is 1. The number of fused-ring (bicyclic) bond motifs is 2. The molecule has 0 saturated carbocycles. The van der Waals surface area contributed by atoms with Gasteiger partial charge in [0.15, 0.2) is 0 Å². The molecule has 4 rings (SSSR count). The van der Waals surface area contributed by atoms with Crippen LogP contribution in [0.4, 0.5) is 0 Å². The number of carboxylic acids is 2. The summed E-state index contributed by atoms with van der Waals surface area (Å²) in [6, 6.07) is 9.64. The van der Waals surface area contributed by atoms with E-state index in [-0.39, 0.29) is 12.8 Å². The standard InChI is InChI=1S/C31H36N6O7/c1-16(2)27(30(42)36-25(31(43)44)12-18-15-34-23-10-6-4-8-20(18)23)37-29(41)24(13-26(38)39)35-28(40)21(32)11-17-14-33-22-9-5-3-7-19(17)22/h3-10,14-16,21,24-25,27,33-34H,11-13,32H2,1-2H3,(H,35,40)(H,36,42)(H,37,41)(H,38,39)(H,43,44). The van der Waals surface area contributed by atoms with Gasteiger partial charge in [-0.05, 0) is 35.6 Å². The van der Waals surface area contributed by atoms with Gasteiger partial charge in [-0.15, -0.1) is 0 Å². The second-order valence-corrected chi connectivity index (χ2v) is 11.0. The number of aliphatic carboxylic acids is 2. The number of aromatic nitrogens is 2. The zero-order valence-electron chi connectivity index (χ0n) is 24.3. The number of nitrogens with one attached hydrogen (secondary N) is 5. The summed E-state index contributed by atoms with van der Waals surface area (Å²) in [6.45, 7) is 3.28. The Kier molecular flexibility index (Phi) is 10.0. The lowest BCUT2D eigenvalue weighted by molar-refractivity contribution is -0.143. The van der Waals surface area contributed by atoms with Gasteiger partial charge < -0.3 is 41.9 Å². The van der Waals surface area contributed by atoms with Crippen LogP contribution < -0.4 is 21.7 Å². The summed E-state index contributed by atoms with van der Waals surface area (Å²) < 4.78 is 0. The van der Waals surface area contributed by atoms with E-state index >= 15 is 0 Å². The van der Waals surface area contributed by atoms with Crippen LogP contribution in [0.5, 0.6) is 0 Å². The van der Waals surface area contributed by atoms with Crippen LogP contribution in [-0.2, 0) is 36.8 Å². The molecule has 0 fully saturated rings. The van der Waals surface area contributed by atoms with Gasteiger partial charge in [-0.2, -0.15) is 0 Å². The van der Waals surface area contributed by atoms with Gasteiger partial charge in [0, 0.05) is 40.6 Å². The third kappa shape index (κ3) is 7.61. The molecular formula is C31H36N6O7. The van der Waals surface area contributed by atoms with E-state index < -0.39 is 66.2 Å². The first kappa shape index (κ1) is 31.8. The Morgan fingerprint density at radius 2 is 1.25 bits per heavy atom. The van der Waals surface area contributed by atoms with Crippen LogP contribution in [0, 0.1) is 5.92 Å². The van der Waals surface area contributed by atoms with Crippen molar-refractivity contribution in [3.05, 3.63) is 72.1 Å². The third-order valence-corrected chi connectivity index (χ3v) is 7.42. The second kappa shape index (κ2) is 13.9. The van der Waals surface area contributed by atoms with Crippen molar-refractivity contribution in [3.8, 4) is 0 Å². The van der Waals surface area contributed by atoms with Crippen molar-refractivity contribution in [3.63, 3.8) is 0 Å². The molecule has 0 spiro atoms. The SMILES string of the molecule is CC(C)C(NC(=O)C(CC(=O)O)NC(=O)C(N)Cc1c[nH]c2ccccc12)C(=O)NC(Cc1c[nH]c2ccccc12)C(=O)O. The van der Waals surface area contributed by atoms with Gasteiger partial charge in [0.2, 0.25) is 17.7 Å². The Bertz CT molecular complexity index is 1680. The molecule has 9 N–H and O–H groups in total. The molecule has 0 saturated heterocycles. The van der Waals surface area contributed by atoms with Gasteiger partial charge in [0.1, 0.15) is 18.1 Å². The van der Waals surface area contributed by atoms with E-state index in [0.29, 0.717) is 5.56 Å². The normalized spacial score (nSPS) is 14.1. The lowest BCUT2D eigenvalue weighted by Gasteiger charge is -2.26. The summed E-state index contributed by atoms with van der Waals surface area (Å²) in [7, 11) is 0. The van der Waals surface area contributed by atoms with Gasteiger partial charge in [-0.1, -0.05) is 50.2 Å². The minimum Gasteiger partial charge on any atom is -0.481 e. The van der Waals surface area contributed by atoms with Gasteiger partial charge in [-0.25, -0.2) is 4.79 Å². The van der Waals surface area contributed by atoms with Crippen molar-refractivity contribution >= 4 is 51.5 Å². The molecule has 13 heteroatoms. The van der Waals surface area contributed by atoms with Crippen LogP contribution in [-0.4, -0.2) is 74.0 Å². The lowest BCUT2D eigenvalue weighted by Crippen LogP contribution is -2.59. The van der Waals surface area contributed by atoms with E-state index in [1.165, 1.54) is 0 Å². The summed E-state index contributed by atoms with van der Waals surface area (Å²) in [4.78, 5) is 69.3. The first-order valence-electron chi connectivity index (χ1n) is 14.2. The molecular weight excluding hydrogens is 568 g/mol. The predicted octanol–water partition coefficient (Wildman–Crippen LogP) is 1.43. The van der Waals surface area contributed by atoms with Crippen molar-refractivity contribution in [2.75, 3.05) is 0 Å². The zero-order valence-corrected chi connectivity index (χ0v) is 24.3. The van der Waals surface area contributed by atoms with E-state index in [9.17, 15) is 34.2 Å². The second-order valence-electron chi connectivity index (χ2n) is 11.0. The number of carbonyl (C=O) groups excluding carboxylic acids is 3. The van der Waals surface area contributed by atoms with Crippen LogP contribution in [0.25, 0.3) is 21.8 Å². The molecule has 2 heterocycles. The Labute approximate surface area is 252 Å². The van der Waals surface area contributed by atoms with Crippen molar-refractivity contribution in [1.29, 1.82) is 0 Å². The monoisotopic (exact) mass is 604 g/mol. The molecule has 3 amide bonds. The molecule has 4 unspecified atom stereocenters. The number of aromatic amines is 2. The molecule has 0 bridgehead atoms. The van der Waals surface area contributed by atoms with E-state index in [0.717, 1.165) is 27.4 Å². The van der Waals surface area contributed by atoms with Crippen molar-refractivity contribution in [1.82, 2.24) is 25.9 Å². The van der Waals surface area contributed by atoms with E-state index in [1.54, 1.807) is 26.2 Å². The number of hydrogen-bond donors (Lipinski definition) is 8. The molecule has 0 aliphatic carbocycles. The molecule has 232 valence electrons. The highest BCUT2D eigenvalue weighted by atomic mass is 16.4. The minimum absolute atomic E-state index is 0.0180. The van der Waals surface area contributed by atoms with E-state index in [1.807, 2.05) is 48.5 Å². The maximum Gasteiger partial charge on any atom is 0.326 e. The number of rotatable bonds is 14. The molecule has 4 aromatic rings. The average Bonchev–Trinajstić information content (AvgIpc) is 3.58. The number of hydrogen-bond acceptors (Lipinski definition) is 6. The van der Waals surface area contributed by atoms with Crippen LogP contribution in [0.15, 0.2) is 60.9 Å². The summed E-state index contributed by atoms with van der Waals surface area (Å²) in [6.07, 6.45) is 2.75. The topological polar surface area (TPSA) is 219 Å². The predicted molar refractivity (Wildman–Crippen MR) is 162 cm³/mol. The number of carbonyl (C=O) groups is 5. The third-order valence-electron chi connectivity index (χ3n) is 7.42. The maximum absolute atomic E-state index is 13.3. The van der Waals surface area contributed by atoms with Crippen molar-refractivity contribution in [2.45, 2.75) is 57.3 Å². The Morgan fingerprint density at radius 3 is 1.77 bits per heavy atom. The Morgan fingerprint density at radius 1 is 0.727 bits per heavy atom. The number of H-pyrrole nitrogens is 2. The molecule has 0 radical (unpaired) electrons. The zero-order chi connectivity index (χ0) is 32.0. The molecule has 2 aromatic heterocycles. The van der Waals surface area contributed by atoms with E-state index in [2.05, 4.69) is 25.9 Å². The number of amides is 3. The average molecular weight is 605 g/mol. The Balaban J connectivity index is 1.43. The summed E-state index contributed by atoms with van der Waals surface area (Å²) >= 11 is 0. The van der Waals surface area contributed by atoms with Crippen LogP contribution in [0.2, 0.25) is 0 Å². The van der Waals surface area contributed by atoms with Crippen molar-refractivity contribution in [2.24, 2.45) is 11.7 Å². The quantitative estimate of drug-likeness (QED) is 0.105. The fourth-order valence-electron chi connectivity index (χ4n) is 5.06. The number of benzene rings is 2. The fourth-order valence-corrected chi connectivity index (χ4v) is 5.06. The van der Waals surface area contributed by atoms with Gasteiger partial charge in [-0.3, -0.25) is 19.2 Å². The van der Waals surface area contributed by atoms with Gasteiger partial charge in [0.05, 0.1) is 12.5 Å². The van der Waals surface area contributed by atoms with Gasteiger partial charge >= 0.3 is 11.9 Å². The smallest absolute Gasteiger partial charge is 0.326 e. The van der Waals surface area contributed by atoms with Crippen LogP contribution >= 0.6 is 0 Å². The molecule has 4 atom stereocenters. The first-order chi connectivity index (χ1) is 20.9. The highest BCUT2D eigenvalue weighted by Crippen LogP contribution is 2.20. The maximum atomic E-state index is 13.3. The molecule has 0 aliphatic rings. The molecule has 13 nitrogen and oxygen atoms in total. The summed E-state index contributed by atoms with van der Waals surface area (Å²) in [5, 5.41) is 28.4. The number of carboxylic acid groups (broad SMARTS) is 2. The lowest BCUT2D eigenvalue weighted by atomic mass is 10.00.